The highest BCUT2D eigenvalue weighted by atomic mass is 31.2. The van der Waals surface area contributed by atoms with Gasteiger partial charge in [-0.05, 0) is 55.4 Å². The molecule has 0 bridgehead atoms. The van der Waals surface area contributed by atoms with Gasteiger partial charge in [0.15, 0.2) is 0 Å². The van der Waals surface area contributed by atoms with Crippen molar-refractivity contribution in [3.63, 3.8) is 0 Å². The molecule has 4 nitrogen and oxygen atoms in total. The molecule has 5 heteroatoms. The highest BCUT2D eigenvalue weighted by molar-refractivity contribution is 7.46. The average molecular weight is 497 g/mol. The normalized spacial score (nSPS) is 11.8. The molecule has 0 amide bonds. The zero-order valence-corrected chi connectivity index (χ0v) is 23.3. The summed E-state index contributed by atoms with van der Waals surface area (Å²) in [4.78, 5) is 18.8. The second kappa shape index (κ2) is 19.4. The lowest BCUT2D eigenvalue weighted by Gasteiger charge is -2.18. The van der Waals surface area contributed by atoms with Gasteiger partial charge in [0.2, 0.25) is 0 Å². The quantitative estimate of drug-likeness (QED) is 0.124. The van der Waals surface area contributed by atoms with E-state index in [2.05, 4.69) is 20.8 Å². The summed E-state index contributed by atoms with van der Waals surface area (Å²) < 4.78 is 16.6. The summed E-state index contributed by atoms with van der Waals surface area (Å²) in [5.74, 6) is 0.376. The standard InChI is InChI=1S/C29H53O4P/c1-4-6-8-10-12-13-14-15-16-17-19-20-22-27-26(3)24-25-29(33-34(30,31)32)28(27)23-21-18-11-9-7-5-2/h24-25H,4-23H2,1-3H3,(H2,30,31,32). The average Bonchev–Trinajstić information content (AvgIpc) is 2.79. The minimum atomic E-state index is -4.56. The third-order valence-electron chi connectivity index (χ3n) is 6.90. The summed E-state index contributed by atoms with van der Waals surface area (Å²) in [6.07, 6.45) is 24.9. The zero-order chi connectivity index (χ0) is 25.1. The van der Waals surface area contributed by atoms with Crippen LogP contribution in [0.5, 0.6) is 5.75 Å². The van der Waals surface area contributed by atoms with Crippen molar-refractivity contribution >= 4 is 7.82 Å². The molecule has 198 valence electrons. The van der Waals surface area contributed by atoms with Crippen molar-refractivity contribution in [2.75, 3.05) is 0 Å². The van der Waals surface area contributed by atoms with E-state index in [1.54, 1.807) is 6.07 Å². The molecule has 0 saturated carbocycles. The Morgan fingerprint density at radius 3 is 1.41 bits per heavy atom. The van der Waals surface area contributed by atoms with Crippen molar-refractivity contribution < 1.29 is 18.9 Å². The van der Waals surface area contributed by atoms with Crippen molar-refractivity contribution in [2.24, 2.45) is 0 Å². The minimum Gasteiger partial charge on any atom is -0.404 e. The number of rotatable bonds is 22. The Balaban J connectivity index is 2.49. The molecule has 2 N–H and O–H groups in total. The van der Waals surface area contributed by atoms with Gasteiger partial charge in [-0.25, -0.2) is 4.57 Å². The van der Waals surface area contributed by atoms with E-state index in [-0.39, 0.29) is 0 Å². The first-order valence-corrected chi connectivity index (χ1v) is 15.8. The van der Waals surface area contributed by atoms with Crippen LogP contribution in [0.3, 0.4) is 0 Å². The van der Waals surface area contributed by atoms with Gasteiger partial charge in [-0.15, -0.1) is 0 Å². The highest BCUT2D eigenvalue weighted by Gasteiger charge is 2.20. The number of benzene rings is 1. The molecular weight excluding hydrogens is 443 g/mol. The Hall–Kier alpha value is -0.830. The fraction of sp³-hybridized carbons (Fsp3) is 0.793. The molecule has 0 unspecified atom stereocenters. The number of unbranched alkanes of at least 4 members (excludes halogenated alkanes) is 16. The Morgan fingerprint density at radius 1 is 0.618 bits per heavy atom. The predicted octanol–water partition coefficient (Wildman–Crippen LogP) is 9.61. The van der Waals surface area contributed by atoms with E-state index < -0.39 is 7.82 Å². The molecule has 0 spiro atoms. The van der Waals surface area contributed by atoms with Crippen LogP contribution in [0, 0.1) is 6.92 Å². The fourth-order valence-electron chi connectivity index (χ4n) is 4.85. The van der Waals surface area contributed by atoms with Crippen LogP contribution in [-0.2, 0) is 17.4 Å². The van der Waals surface area contributed by atoms with Gasteiger partial charge in [-0.3, -0.25) is 9.79 Å². The molecule has 1 aromatic carbocycles. The topological polar surface area (TPSA) is 66.8 Å². The molecule has 1 aromatic rings. The first kappa shape index (κ1) is 31.2. The molecule has 0 aromatic heterocycles. The lowest BCUT2D eigenvalue weighted by Crippen LogP contribution is -2.03. The van der Waals surface area contributed by atoms with Gasteiger partial charge >= 0.3 is 7.82 Å². The SMILES string of the molecule is CCCCCCCCCCCCCCc1c(C)ccc(OP(=O)(O)O)c1CCCCCCCC. The lowest BCUT2D eigenvalue weighted by molar-refractivity contribution is 0.282. The Labute approximate surface area is 210 Å². The maximum absolute atomic E-state index is 11.5. The molecular formula is C29H53O4P. The van der Waals surface area contributed by atoms with E-state index in [4.69, 9.17) is 4.52 Å². The number of hydrogen-bond acceptors (Lipinski definition) is 2. The van der Waals surface area contributed by atoms with Crippen molar-refractivity contribution in [1.29, 1.82) is 0 Å². The van der Waals surface area contributed by atoms with Gasteiger partial charge in [0.05, 0.1) is 0 Å². The molecule has 0 aliphatic carbocycles. The second-order valence-corrected chi connectivity index (χ2v) is 11.2. The molecule has 0 radical (unpaired) electrons. The number of aryl methyl sites for hydroxylation is 1. The van der Waals surface area contributed by atoms with Crippen LogP contribution in [0.15, 0.2) is 12.1 Å². The van der Waals surface area contributed by atoms with Gasteiger partial charge in [-0.2, -0.15) is 0 Å². The molecule has 0 aliphatic rings. The number of phosphoric ester groups is 1. The van der Waals surface area contributed by atoms with E-state index in [0.29, 0.717) is 5.75 Å². The summed E-state index contributed by atoms with van der Waals surface area (Å²) in [6.45, 7) is 6.60. The molecule has 0 atom stereocenters. The van der Waals surface area contributed by atoms with Crippen molar-refractivity contribution in [3.8, 4) is 5.75 Å². The monoisotopic (exact) mass is 496 g/mol. The van der Waals surface area contributed by atoms with Gasteiger partial charge in [-0.1, -0.05) is 123 Å². The van der Waals surface area contributed by atoms with E-state index in [9.17, 15) is 14.4 Å². The molecule has 0 aliphatic heterocycles. The molecule has 0 fully saturated rings. The molecule has 0 saturated heterocycles. The Morgan fingerprint density at radius 2 is 1.00 bits per heavy atom. The summed E-state index contributed by atoms with van der Waals surface area (Å²) in [5.41, 5.74) is 3.47. The first-order valence-electron chi connectivity index (χ1n) is 14.3. The lowest BCUT2D eigenvalue weighted by atomic mass is 9.92. The van der Waals surface area contributed by atoms with E-state index in [0.717, 1.165) is 37.7 Å². The Bertz CT molecular complexity index is 683. The summed E-state index contributed by atoms with van der Waals surface area (Å²) in [5, 5.41) is 0. The summed E-state index contributed by atoms with van der Waals surface area (Å²) in [6, 6.07) is 3.69. The van der Waals surface area contributed by atoms with E-state index in [1.165, 1.54) is 107 Å². The van der Waals surface area contributed by atoms with Crippen LogP contribution in [0.4, 0.5) is 0 Å². The van der Waals surface area contributed by atoms with Crippen molar-refractivity contribution in [3.05, 3.63) is 28.8 Å². The van der Waals surface area contributed by atoms with Crippen molar-refractivity contribution in [1.82, 2.24) is 0 Å². The Kier molecular flexibility index (Phi) is 17.8. The largest absolute Gasteiger partial charge is 0.524 e. The predicted molar refractivity (Wildman–Crippen MR) is 146 cm³/mol. The van der Waals surface area contributed by atoms with Crippen LogP contribution in [0.25, 0.3) is 0 Å². The van der Waals surface area contributed by atoms with E-state index >= 15 is 0 Å². The summed E-state index contributed by atoms with van der Waals surface area (Å²) in [7, 11) is -4.56. The number of phosphoric acid groups is 1. The van der Waals surface area contributed by atoms with Crippen molar-refractivity contribution in [2.45, 2.75) is 149 Å². The summed E-state index contributed by atoms with van der Waals surface area (Å²) >= 11 is 0. The second-order valence-electron chi connectivity index (χ2n) is 10.1. The molecule has 34 heavy (non-hydrogen) atoms. The van der Waals surface area contributed by atoms with E-state index in [1.807, 2.05) is 6.07 Å². The fourth-order valence-corrected chi connectivity index (χ4v) is 5.28. The third kappa shape index (κ3) is 15.2. The van der Waals surface area contributed by atoms with Gasteiger partial charge in [0.25, 0.3) is 0 Å². The van der Waals surface area contributed by atoms with Gasteiger partial charge in [0.1, 0.15) is 5.75 Å². The number of hydrogen-bond donors (Lipinski definition) is 2. The van der Waals surface area contributed by atoms with Gasteiger partial charge in [0, 0.05) is 0 Å². The molecule has 1 rings (SSSR count). The zero-order valence-electron chi connectivity index (χ0n) is 22.5. The van der Waals surface area contributed by atoms with Crippen LogP contribution in [0.1, 0.15) is 146 Å². The smallest absolute Gasteiger partial charge is 0.404 e. The van der Waals surface area contributed by atoms with Crippen LogP contribution in [-0.4, -0.2) is 9.79 Å². The highest BCUT2D eigenvalue weighted by Crippen LogP contribution is 2.41. The van der Waals surface area contributed by atoms with Crippen LogP contribution in [0.2, 0.25) is 0 Å². The van der Waals surface area contributed by atoms with Crippen LogP contribution >= 0.6 is 7.82 Å². The maximum atomic E-state index is 11.5. The molecule has 0 heterocycles. The third-order valence-corrected chi connectivity index (χ3v) is 7.33. The minimum absolute atomic E-state index is 0.376. The maximum Gasteiger partial charge on any atom is 0.524 e. The van der Waals surface area contributed by atoms with Crippen LogP contribution < -0.4 is 4.52 Å². The van der Waals surface area contributed by atoms with Gasteiger partial charge < -0.3 is 4.52 Å². The first-order chi connectivity index (χ1) is 16.4.